The quantitative estimate of drug-likeness (QED) is 0.173. The number of rotatable bonds is 4. The van der Waals surface area contributed by atoms with E-state index in [1.54, 1.807) is 0 Å². The topological polar surface area (TPSA) is 30.7 Å². The summed E-state index contributed by atoms with van der Waals surface area (Å²) >= 11 is 0. The second-order valence-corrected chi connectivity index (χ2v) is 16.1. The van der Waals surface area contributed by atoms with Gasteiger partial charge >= 0.3 is 0 Å². The summed E-state index contributed by atoms with van der Waals surface area (Å²) in [5.74, 6) is 0.710. The first-order valence-corrected chi connectivity index (χ1v) is 18.8. The Balaban J connectivity index is 1.21. The largest absolute Gasteiger partial charge is 0.309 e. The summed E-state index contributed by atoms with van der Waals surface area (Å²) in [6.07, 6.45) is 2.37. The minimum absolute atomic E-state index is 0.108. The van der Waals surface area contributed by atoms with Crippen molar-refractivity contribution in [1.82, 2.24) is 14.5 Å². The molecule has 9 aromatic rings. The van der Waals surface area contributed by atoms with E-state index in [1.807, 2.05) is 0 Å². The van der Waals surface area contributed by atoms with Gasteiger partial charge in [-0.3, -0.25) is 0 Å². The highest BCUT2D eigenvalue weighted by molar-refractivity contribution is 6.14. The van der Waals surface area contributed by atoms with Crippen LogP contribution >= 0.6 is 0 Å². The van der Waals surface area contributed by atoms with Crippen molar-refractivity contribution in [3.63, 3.8) is 0 Å². The lowest BCUT2D eigenvalue weighted by molar-refractivity contribution is 0.332. The van der Waals surface area contributed by atoms with Crippen LogP contribution < -0.4 is 0 Å². The van der Waals surface area contributed by atoms with Crippen LogP contribution in [-0.2, 0) is 10.8 Å². The first-order valence-electron chi connectivity index (χ1n) is 18.8. The first-order chi connectivity index (χ1) is 25.7. The van der Waals surface area contributed by atoms with Crippen LogP contribution in [0.15, 0.2) is 152 Å². The average molecular weight is 684 g/mol. The Morgan fingerprint density at radius 3 is 1.87 bits per heavy atom. The second kappa shape index (κ2) is 11.7. The maximum Gasteiger partial charge on any atom is 0.160 e. The predicted molar refractivity (Wildman–Crippen MR) is 223 cm³/mol. The van der Waals surface area contributed by atoms with Crippen LogP contribution in [-0.4, -0.2) is 14.5 Å². The SMILES string of the molecule is CC1(C)CCC(C)(C)c2cc3c(cc21)c1ccccc1n3-c1cccc(-c2nc(-c3ccccc3)cc(-c3cc4ccccc4c4ccccc34)n2)c1. The molecule has 0 fully saturated rings. The number of benzene rings is 7. The molecule has 53 heavy (non-hydrogen) atoms. The van der Waals surface area contributed by atoms with Crippen molar-refractivity contribution in [2.45, 2.75) is 51.4 Å². The lowest BCUT2D eigenvalue weighted by Crippen LogP contribution is -2.33. The van der Waals surface area contributed by atoms with Crippen LogP contribution in [0.5, 0.6) is 0 Å². The lowest BCUT2D eigenvalue weighted by Gasteiger charge is -2.42. The molecule has 10 rings (SSSR count). The van der Waals surface area contributed by atoms with E-state index >= 15 is 0 Å². The van der Waals surface area contributed by atoms with E-state index in [4.69, 9.17) is 9.97 Å². The molecule has 1 aliphatic carbocycles. The van der Waals surface area contributed by atoms with Crippen molar-refractivity contribution >= 4 is 43.4 Å². The number of nitrogens with zero attached hydrogens (tertiary/aromatic N) is 3. The molecule has 0 spiro atoms. The maximum atomic E-state index is 5.38. The Labute approximate surface area is 310 Å². The molecule has 0 atom stereocenters. The second-order valence-electron chi connectivity index (χ2n) is 16.1. The standard InChI is InChI=1S/C50H41N3/c1-49(2)25-26-50(3,4)43-30-47-41(29-42(43)49)39-23-12-13-24-46(39)53(47)35-19-14-18-34(27-35)48-51-44(32-15-6-5-7-16-32)31-45(52-48)40-28-33-17-8-9-20-36(33)37-21-10-11-22-38(37)40/h5-24,27-31H,25-26H2,1-4H3. The first kappa shape index (κ1) is 31.7. The zero-order valence-corrected chi connectivity index (χ0v) is 30.7. The van der Waals surface area contributed by atoms with Gasteiger partial charge in [0.1, 0.15) is 0 Å². The maximum absolute atomic E-state index is 5.38. The third kappa shape index (κ3) is 5.10. The Bertz CT molecular complexity index is 2890. The van der Waals surface area contributed by atoms with Gasteiger partial charge in [0, 0.05) is 33.2 Å². The molecule has 1 aliphatic rings. The third-order valence-electron chi connectivity index (χ3n) is 11.8. The zero-order valence-electron chi connectivity index (χ0n) is 30.7. The van der Waals surface area contributed by atoms with Crippen molar-refractivity contribution in [1.29, 1.82) is 0 Å². The third-order valence-corrected chi connectivity index (χ3v) is 11.8. The van der Waals surface area contributed by atoms with Gasteiger partial charge in [0.05, 0.1) is 22.4 Å². The van der Waals surface area contributed by atoms with Crippen LogP contribution in [0.3, 0.4) is 0 Å². The molecule has 2 heterocycles. The predicted octanol–water partition coefficient (Wildman–Crippen LogP) is 13.2. The van der Waals surface area contributed by atoms with Gasteiger partial charge in [-0.2, -0.15) is 0 Å². The molecule has 0 saturated heterocycles. The molecule has 0 amide bonds. The van der Waals surface area contributed by atoms with E-state index in [9.17, 15) is 0 Å². The van der Waals surface area contributed by atoms with Gasteiger partial charge in [0.25, 0.3) is 0 Å². The van der Waals surface area contributed by atoms with Crippen molar-refractivity contribution in [2.75, 3.05) is 0 Å². The summed E-state index contributed by atoms with van der Waals surface area (Å²) < 4.78 is 2.45. The smallest absolute Gasteiger partial charge is 0.160 e. The number of para-hydroxylation sites is 1. The molecular formula is C50H41N3. The van der Waals surface area contributed by atoms with E-state index in [2.05, 4.69) is 184 Å². The zero-order chi connectivity index (χ0) is 35.9. The summed E-state index contributed by atoms with van der Waals surface area (Å²) in [7, 11) is 0. The van der Waals surface area contributed by atoms with Crippen molar-refractivity contribution in [3.05, 3.63) is 163 Å². The van der Waals surface area contributed by atoms with E-state index < -0.39 is 0 Å². The fourth-order valence-corrected chi connectivity index (χ4v) is 8.83. The number of fused-ring (bicyclic) bond motifs is 7. The molecule has 0 radical (unpaired) electrons. The number of hydrogen-bond acceptors (Lipinski definition) is 2. The summed E-state index contributed by atoms with van der Waals surface area (Å²) in [5.41, 5.74) is 11.7. The molecule has 0 unspecified atom stereocenters. The van der Waals surface area contributed by atoms with Crippen molar-refractivity contribution in [3.8, 4) is 39.6 Å². The minimum atomic E-state index is 0.108. The molecule has 2 aromatic heterocycles. The van der Waals surface area contributed by atoms with Gasteiger partial charge in [0.15, 0.2) is 5.82 Å². The molecular weight excluding hydrogens is 643 g/mol. The lowest BCUT2D eigenvalue weighted by atomic mass is 9.63. The summed E-state index contributed by atoms with van der Waals surface area (Å²) in [4.78, 5) is 10.6. The van der Waals surface area contributed by atoms with E-state index in [0.29, 0.717) is 5.82 Å². The molecule has 0 aliphatic heterocycles. The van der Waals surface area contributed by atoms with E-state index in [-0.39, 0.29) is 10.8 Å². The fourth-order valence-electron chi connectivity index (χ4n) is 8.83. The van der Waals surface area contributed by atoms with Crippen molar-refractivity contribution < 1.29 is 0 Å². The van der Waals surface area contributed by atoms with Gasteiger partial charge in [-0.05, 0) is 98.8 Å². The molecule has 3 heteroatoms. The number of aromatic nitrogens is 3. The minimum Gasteiger partial charge on any atom is -0.309 e. The summed E-state index contributed by atoms with van der Waals surface area (Å²) in [6.45, 7) is 9.64. The van der Waals surface area contributed by atoms with Crippen LogP contribution in [0.4, 0.5) is 0 Å². The Hall–Kier alpha value is -6.06. The summed E-state index contributed by atoms with van der Waals surface area (Å²) in [6, 6.07) is 54.9. The van der Waals surface area contributed by atoms with Gasteiger partial charge in [-0.1, -0.05) is 137 Å². The normalized spacial score (nSPS) is 14.9. The van der Waals surface area contributed by atoms with Crippen LogP contribution in [0, 0.1) is 0 Å². The van der Waals surface area contributed by atoms with E-state index in [1.165, 1.54) is 67.3 Å². The molecule has 0 bridgehead atoms. The molecule has 0 saturated carbocycles. The highest BCUT2D eigenvalue weighted by Crippen LogP contribution is 2.48. The van der Waals surface area contributed by atoms with Crippen LogP contribution in [0.1, 0.15) is 51.7 Å². The van der Waals surface area contributed by atoms with Gasteiger partial charge < -0.3 is 4.57 Å². The van der Waals surface area contributed by atoms with Gasteiger partial charge in [-0.15, -0.1) is 0 Å². The van der Waals surface area contributed by atoms with Crippen LogP contribution in [0.25, 0.3) is 82.9 Å². The average Bonchev–Trinajstić information content (AvgIpc) is 3.53. The highest BCUT2D eigenvalue weighted by Gasteiger charge is 2.38. The van der Waals surface area contributed by atoms with Gasteiger partial charge in [-0.25, -0.2) is 9.97 Å². The van der Waals surface area contributed by atoms with Crippen LogP contribution in [0.2, 0.25) is 0 Å². The molecule has 7 aromatic carbocycles. The Kier molecular flexibility index (Phi) is 7.01. The summed E-state index contributed by atoms with van der Waals surface area (Å²) in [5, 5.41) is 7.44. The fraction of sp³-hybridized carbons (Fsp3) is 0.160. The monoisotopic (exact) mass is 683 g/mol. The highest BCUT2D eigenvalue weighted by atomic mass is 15.0. The molecule has 0 N–H and O–H groups in total. The molecule has 3 nitrogen and oxygen atoms in total. The molecule has 256 valence electrons. The Morgan fingerprint density at radius 2 is 1.08 bits per heavy atom. The Morgan fingerprint density at radius 1 is 0.453 bits per heavy atom. The van der Waals surface area contributed by atoms with E-state index in [0.717, 1.165) is 33.8 Å². The van der Waals surface area contributed by atoms with Gasteiger partial charge in [0.2, 0.25) is 0 Å². The van der Waals surface area contributed by atoms with Crippen molar-refractivity contribution in [2.24, 2.45) is 0 Å². The number of hydrogen-bond donors (Lipinski definition) is 0.